The van der Waals surface area contributed by atoms with Crippen LogP contribution < -0.4 is 0 Å². The van der Waals surface area contributed by atoms with Gasteiger partial charge in [0.1, 0.15) is 8.42 Å². The topological polar surface area (TPSA) is 144 Å². The van der Waals surface area contributed by atoms with Gasteiger partial charge in [0, 0.05) is 34.0 Å². The van der Waals surface area contributed by atoms with E-state index < -0.39 is 20.2 Å². The highest BCUT2D eigenvalue weighted by Crippen LogP contribution is 2.48. The maximum absolute atomic E-state index is 11.9. The molecule has 0 fully saturated rings. The second-order valence-corrected chi connectivity index (χ2v) is 20.5. The molecule has 0 aliphatic heterocycles. The van der Waals surface area contributed by atoms with Crippen LogP contribution >= 0.6 is 69.1 Å². The third kappa shape index (κ3) is 7.69. The number of fused-ring (bicyclic) bond motifs is 6. The van der Waals surface area contributed by atoms with Crippen LogP contribution in [0.2, 0.25) is 20.1 Å². The van der Waals surface area contributed by atoms with Crippen molar-refractivity contribution in [3.8, 4) is 32.5 Å². The Morgan fingerprint density at radius 3 is 1.41 bits per heavy atom. The first-order valence-corrected chi connectivity index (χ1v) is 23.4. The summed E-state index contributed by atoms with van der Waals surface area (Å²) in [6.45, 7) is 0. The lowest BCUT2D eigenvalue weighted by Crippen LogP contribution is -1.99. The zero-order chi connectivity index (χ0) is 39.5. The van der Waals surface area contributed by atoms with Crippen LogP contribution in [0.4, 0.5) is 0 Å². The molecule has 4 heterocycles. The average Bonchev–Trinajstić information content (AvgIpc) is 3.94. The van der Waals surface area contributed by atoms with Gasteiger partial charge in [0.2, 0.25) is 0 Å². The number of benzene rings is 2. The van der Waals surface area contributed by atoms with Crippen molar-refractivity contribution in [2.45, 2.75) is 59.8 Å². The Morgan fingerprint density at radius 2 is 1.04 bits per heavy atom. The standard InChI is InChI=1S/C38H30Cl4N4O6S4/c39-23-11-13-31(27(41)19-23)45-35-25(15-21-17-33(53-37(21)35)55(47,48)49)29(43-45)9-7-5-3-1-2-4-6-8-10-30-26-16-22-18-34(56(50,51)52)54-38(22)36(26)46(44-30)32-14-12-24(40)20-28(32)42/h7-14,17-20H,1-6,15-16H2,(H,47,48,49)(H,50,51,52)/b9-7+,10-8+. The summed E-state index contributed by atoms with van der Waals surface area (Å²) in [7, 11) is -8.68. The molecule has 0 spiro atoms. The molecule has 0 atom stereocenters. The minimum atomic E-state index is -4.34. The Morgan fingerprint density at radius 1 is 0.625 bits per heavy atom. The van der Waals surface area contributed by atoms with E-state index in [0.29, 0.717) is 44.3 Å². The SMILES string of the molecule is O=S(=O)(O)c1cc2c(s1)-c1c(c(/C=C/CCCCCC/C=C/c3nn(-c4ccc(Cl)cc4Cl)c4c3Cc3cc(S(=O)(=O)O)sc3-4)nn1-c1ccc(Cl)cc1Cl)C2. The van der Waals surface area contributed by atoms with Gasteiger partial charge in [-0.2, -0.15) is 27.0 Å². The van der Waals surface area contributed by atoms with E-state index >= 15 is 0 Å². The van der Waals surface area contributed by atoms with Crippen molar-refractivity contribution < 1.29 is 25.9 Å². The molecule has 4 aromatic heterocycles. The van der Waals surface area contributed by atoms with E-state index in [-0.39, 0.29) is 8.42 Å². The number of unbranched alkanes of at least 4 members (excludes halogenated alkanes) is 5. The fraction of sp³-hybridized carbons (Fsp3) is 0.211. The van der Waals surface area contributed by atoms with Gasteiger partial charge in [0.25, 0.3) is 0 Å². The molecule has 0 bridgehead atoms. The number of hydrogen-bond acceptors (Lipinski definition) is 8. The van der Waals surface area contributed by atoms with Crippen LogP contribution in [0.1, 0.15) is 72.2 Å². The first-order chi connectivity index (χ1) is 26.7. The number of rotatable bonds is 13. The highest BCUT2D eigenvalue weighted by Gasteiger charge is 2.34. The first-order valence-electron chi connectivity index (χ1n) is 17.4. The van der Waals surface area contributed by atoms with Crippen molar-refractivity contribution in [1.82, 2.24) is 19.6 Å². The Hall–Kier alpha value is -3.28. The first kappa shape index (κ1) is 39.5. The molecular weight excluding hydrogens is 879 g/mol. The molecule has 0 saturated carbocycles. The molecule has 0 radical (unpaired) electrons. The molecule has 0 saturated heterocycles. The molecule has 0 amide bonds. The van der Waals surface area contributed by atoms with Crippen molar-refractivity contribution in [2.24, 2.45) is 0 Å². The van der Waals surface area contributed by atoms with Crippen LogP contribution in [0, 0.1) is 0 Å². The number of allylic oxidation sites excluding steroid dienone is 2. The molecular formula is C38H30Cl4N4O6S4. The fourth-order valence-electron chi connectivity index (χ4n) is 7.05. The van der Waals surface area contributed by atoms with Gasteiger partial charge < -0.3 is 0 Å². The monoisotopic (exact) mass is 906 g/mol. The quantitative estimate of drug-likeness (QED) is 0.0859. The van der Waals surface area contributed by atoms with Crippen molar-refractivity contribution in [1.29, 1.82) is 0 Å². The summed E-state index contributed by atoms with van der Waals surface area (Å²) in [6, 6.07) is 13.3. The van der Waals surface area contributed by atoms with Crippen molar-refractivity contribution in [2.75, 3.05) is 0 Å². The minimum absolute atomic E-state index is 0.106. The van der Waals surface area contributed by atoms with Crippen molar-refractivity contribution >= 4 is 101 Å². The van der Waals surface area contributed by atoms with E-state index in [1.54, 1.807) is 45.8 Å². The number of hydrogen-bond donors (Lipinski definition) is 2. The van der Waals surface area contributed by atoms with Crippen LogP contribution in [0.15, 0.2) is 69.1 Å². The predicted molar refractivity (Wildman–Crippen MR) is 225 cm³/mol. The van der Waals surface area contributed by atoms with Crippen molar-refractivity contribution in [3.63, 3.8) is 0 Å². The molecule has 2 aromatic carbocycles. The van der Waals surface area contributed by atoms with Gasteiger partial charge in [-0.1, -0.05) is 71.4 Å². The molecule has 6 aromatic rings. The maximum atomic E-state index is 11.9. The van der Waals surface area contributed by atoms with E-state index in [9.17, 15) is 25.9 Å². The van der Waals surface area contributed by atoms with Gasteiger partial charge in [-0.3, -0.25) is 9.11 Å². The molecule has 290 valence electrons. The highest BCUT2D eigenvalue weighted by molar-refractivity contribution is 7.88. The third-order valence-electron chi connectivity index (χ3n) is 9.59. The summed E-state index contributed by atoms with van der Waals surface area (Å²) in [4.78, 5) is 1.46. The largest absolute Gasteiger partial charge is 0.304 e. The molecule has 0 unspecified atom stereocenters. The second kappa shape index (κ2) is 15.5. The lowest BCUT2D eigenvalue weighted by molar-refractivity contribution is 0.483. The van der Waals surface area contributed by atoms with E-state index in [1.165, 1.54) is 12.1 Å². The average molecular weight is 909 g/mol. The van der Waals surface area contributed by atoms with Gasteiger partial charge in [0.05, 0.1) is 54.0 Å². The highest BCUT2D eigenvalue weighted by atomic mass is 35.5. The number of thiophene rings is 2. The number of aromatic nitrogens is 4. The summed E-state index contributed by atoms with van der Waals surface area (Å²) in [5.74, 6) is 0. The van der Waals surface area contributed by atoms with E-state index in [0.717, 1.165) is 116 Å². The minimum Gasteiger partial charge on any atom is -0.281 e. The van der Waals surface area contributed by atoms with Crippen LogP contribution in [0.3, 0.4) is 0 Å². The van der Waals surface area contributed by atoms with Crippen LogP contribution in [-0.2, 0) is 33.1 Å². The van der Waals surface area contributed by atoms with Gasteiger partial charge in [0.15, 0.2) is 0 Å². The Kier molecular flexibility index (Phi) is 10.9. The normalized spacial score (nSPS) is 13.6. The molecule has 8 rings (SSSR count). The second-order valence-electron chi connectivity index (χ2n) is 13.4. The summed E-state index contributed by atoms with van der Waals surface area (Å²) in [6.07, 6.45) is 14.9. The van der Waals surface area contributed by atoms with Crippen molar-refractivity contribution in [3.05, 3.63) is 114 Å². The summed E-state index contributed by atoms with van der Waals surface area (Å²) in [5.41, 5.74) is 7.84. The summed E-state index contributed by atoms with van der Waals surface area (Å²) >= 11 is 27.5. The van der Waals surface area contributed by atoms with Crippen LogP contribution in [0.25, 0.3) is 44.7 Å². The number of nitrogens with zero attached hydrogens (tertiary/aromatic N) is 4. The van der Waals surface area contributed by atoms with Crippen LogP contribution in [-0.4, -0.2) is 45.5 Å². The van der Waals surface area contributed by atoms with E-state index in [1.807, 2.05) is 12.2 Å². The molecule has 2 aliphatic rings. The molecule has 56 heavy (non-hydrogen) atoms. The molecule has 10 nitrogen and oxygen atoms in total. The Bertz CT molecular complexity index is 2640. The Balaban J connectivity index is 0.904. The van der Waals surface area contributed by atoms with E-state index in [2.05, 4.69) is 12.2 Å². The maximum Gasteiger partial charge on any atom is 0.304 e. The fourth-order valence-corrected chi connectivity index (χ4v) is 11.9. The third-order valence-corrected chi connectivity index (χ3v) is 15.6. The van der Waals surface area contributed by atoms with Gasteiger partial charge in [-0.25, -0.2) is 9.36 Å². The molecule has 2 aliphatic carbocycles. The van der Waals surface area contributed by atoms with E-state index in [4.69, 9.17) is 56.6 Å². The predicted octanol–water partition coefficient (Wildman–Crippen LogP) is 11.5. The zero-order valence-corrected chi connectivity index (χ0v) is 35.3. The number of halogens is 4. The van der Waals surface area contributed by atoms with Crippen LogP contribution in [0.5, 0.6) is 0 Å². The van der Waals surface area contributed by atoms with Gasteiger partial charge in [-0.15, -0.1) is 22.7 Å². The smallest absolute Gasteiger partial charge is 0.281 e. The molecule has 18 heteroatoms. The zero-order valence-electron chi connectivity index (χ0n) is 29.0. The lowest BCUT2D eigenvalue weighted by atomic mass is 10.1. The van der Waals surface area contributed by atoms with Gasteiger partial charge in [-0.05, 0) is 97.5 Å². The summed E-state index contributed by atoms with van der Waals surface area (Å²) in [5, 5.41) is 11.5. The van der Waals surface area contributed by atoms with Gasteiger partial charge >= 0.3 is 20.2 Å². The lowest BCUT2D eigenvalue weighted by Gasteiger charge is -2.08. The Labute approximate surface area is 351 Å². The summed E-state index contributed by atoms with van der Waals surface area (Å²) < 4.78 is 70.1. The molecule has 2 N–H and O–H groups in total.